The lowest BCUT2D eigenvalue weighted by Crippen LogP contribution is -2.20. The minimum Gasteiger partial charge on any atom is -0.426 e. The zero-order valence-corrected chi connectivity index (χ0v) is 13.1. The highest BCUT2D eigenvalue weighted by Gasteiger charge is 2.08. The quantitative estimate of drug-likeness (QED) is 0.627. The van der Waals surface area contributed by atoms with E-state index in [4.69, 9.17) is 4.74 Å². The molecule has 1 aromatic carbocycles. The number of fused-ring (bicyclic) bond motifs is 1. The van der Waals surface area contributed by atoms with Crippen LogP contribution in [0.2, 0.25) is 0 Å². The fourth-order valence-corrected chi connectivity index (χ4v) is 2.29. The number of carbonyl (C=O) groups excluding carboxylic acids is 1. The molecule has 1 aromatic heterocycles. The number of nitrogens with zero attached hydrogens (tertiary/aromatic N) is 1. The Balaban J connectivity index is 2.09. The predicted molar refractivity (Wildman–Crippen MR) is 85.7 cm³/mol. The summed E-state index contributed by atoms with van der Waals surface area (Å²) < 4.78 is 5.32. The van der Waals surface area contributed by atoms with Gasteiger partial charge in [-0.25, -0.2) is 0 Å². The number of aromatic nitrogens is 1. The summed E-state index contributed by atoms with van der Waals surface area (Å²) in [5.41, 5.74) is 2.32. The molecule has 0 aliphatic rings. The van der Waals surface area contributed by atoms with Gasteiger partial charge in [0.15, 0.2) is 0 Å². The molecule has 114 valence electrons. The Morgan fingerprint density at radius 3 is 2.86 bits per heavy atom. The monoisotopic (exact) mass is 288 g/mol. The largest absolute Gasteiger partial charge is 0.426 e. The number of esters is 1. The molecular formula is C17H24N2O2. The predicted octanol–water partition coefficient (Wildman–Crippen LogP) is 3.37. The molecule has 0 saturated carbocycles. The molecule has 0 saturated heterocycles. The maximum absolute atomic E-state index is 11.5. The summed E-state index contributed by atoms with van der Waals surface area (Å²) in [7, 11) is 2.13. The van der Waals surface area contributed by atoms with Crippen molar-refractivity contribution in [1.29, 1.82) is 0 Å². The van der Waals surface area contributed by atoms with Gasteiger partial charge in [-0.15, -0.1) is 0 Å². The normalized spacial score (nSPS) is 11.2. The van der Waals surface area contributed by atoms with E-state index in [9.17, 15) is 4.79 Å². The van der Waals surface area contributed by atoms with Gasteiger partial charge in [-0.1, -0.05) is 13.8 Å². The summed E-state index contributed by atoms with van der Waals surface area (Å²) in [6, 6.07) is 5.80. The molecule has 0 bridgehead atoms. The number of rotatable bonds is 7. The highest BCUT2D eigenvalue weighted by atomic mass is 16.5. The number of H-pyrrole nitrogens is 1. The van der Waals surface area contributed by atoms with Crippen molar-refractivity contribution in [3.05, 3.63) is 30.0 Å². The Labute approximate surface area is 126 Å². The van der Waals surface area contributed by atoms with Crippen molar-refractivity contribution in [2.45, 2.75) is 33.1 Å². The first kappa shape index (κ1) is 15.6. The van der Waals surface area contributed by atoms with E-state index < -0.39 is 0 Å². The highest BCUT2D eigenvalue weighted by molar-refractivity contribution is 5.85. The van der Waals surface area contributed by atoms with Crippen LogP contribution in [0.15, 0.2) is 24.4 Å². The van der Waals surface area contributed by atoms with E-state index in [1.807, 2.05) is 31.3 Å². The van der Waals surface area contributed by atoms with Crippen LogP contribution in [0.1, 0.15) is 32.3 Å². The van der Waals surface area contributed by atoms with Crippen LogP contribution in [0.3, 0.4) is 0 Å². The van der Waals surface area contributed by atoms with Crippen LogP contribution in [0.5, 0.6) is 5.75 Å². The summed E-state index contributed by atoms with van der Waals surface area (Å²) in [6.45, 7) is 6.22. The summed E-state index contributed by atoms with van der Waals surface area (Å²) in [5, 5.41) is 1.20. The van der Waals surface area contributed by atoms with E-state index in [0.29, 0.717) is 12.2 Å². The highest BCUT2D eigenvalue weighted by Crippen LogP contribution is 2.24. The molecule has 0 atom stereocenters. The Hall–Kier alpha value is -1.81. The maximum atomic E-state index is 11.5. The van der Waals surface area contributed by atoms with Crippen LogP contribution in [-0.4, -0.2) is 36.0 Å². The third-order valence-corrected chi connectivity index (χ3v) is 3.73. The van der Waals surface area contributed by atoms with E-state index in [0.717, 1.165) is 31.4 Å². The lowest BCUT2D eigenvalue weighted by Gasteiger charge is -2.12. The molecule has 4 nitrogen and oxygen atoms in total. The molecule has 0 aliphatic heterocycles. The number of carbonyl (C=O) groups is 1. The van der Waals surface area contributed by atoms with E-state index in [-0.39, 0.29) is 5.97 Å². The first-order valence-corrected chi connectivity index (χ1v) is 7.63. The lowest BCUT2D eigenvalue weighted by molar-refractivity contribution is -0.134. The zero-order chi connectivity index (χ0) is 15.2. The lowest BCUT2D eigenvalue weighted by atomic mass is 10.1. The minimum absolute atomic E-state index is 0.173. The average Bonchev–Trinajstić information content (AvgIpc) is 2.87. The summed E-state index contributed by atoms with van der Waals surface area (Å²) in [5.74, 6) is 0.438. The SMILES string of the molecule is CCCC(=O)Oc1ccc2c(CCN(C)CC)c[nH]c2c1. The first-order valence-electron chi connectivity index (χ1n) is 7.63. The first-order chi connectivity index (χ1) is 10.1. The van der Waals surface area contributed by atoms with Crippen LogP contribution in [0.25, 0.3) is 10.9 Å². The second kappa shape index (κ2) is 7.27. The summed E-state index contributed by atoms with van der Waals surface area (Å²) >= 11 is 0. The van der Waals surface area contributed by atoms with Crippen molar-refractivity contribution < 1.29 is 9.53 Å². The van der Waals surface area contributed by atoms with Gasteiger partial charge >= 0.3 is 5.97 Å². The third-order valence-electron chi connectivity index (χ3n) is 3.73. The van der Waals surface area contributed by atoms with Crippen molar-refractivity contribution in [2.75, 3.05) is 20.1 Å². The van der Waals surface area contributed by atoms with Crippen LogP contribution >= 0.6 is 0 Å². The number of ether oxygens (including phenoxy) is 1. The van der Waals surface area contributed by atoms with Crippen molar-refractivity contribution in [3.63, 3.8) is 0 Å². The number of benzene rings is 1. The van der Waals surface area contributed by atoms with Gasteiger partial charge in [0.25, 0.3) is 0 Å². The van der Waals surface area contributed by atoms with Gasteiger partial charge in [-0.3, -0.25) is 4.79 Å². The minimum atomic E-state index is -0.173. The van der Waals surface area contributed by atoms with Crippen molar-refractivity contribution in [2.24, 2.45) is 0 Å². The van der Waals surface area contributed by atoms with Gasteiger partial charge in [-0.05, 0) is 44.1 Å². The summed E-state index contributed by atoms with van der Waals surface area (Å²) in [4.78, 5) is 17.1. The van der Waals surface area contributed by atoms with Crippen LogP contribution < -0.4 is 4.74 Å². The van der Waals surface area contributed by atoms with Gasteiger partial charge in [0.05, 0.1) is 0 Å². The van der Waals surface area contributed by atoms with Crippen molar-refractivity contribution in [3.8, 4) is 5.75 Å². The Morgan fingerprint density at radius 1 is 1.33 bits per heavy atom. The fraction of sp³-hybridized carbons (Fsp3) is 0.471. The fourth-order valence-electron chi connectivity index (χ4n) is 2.29. The molecule has 0 spiro atoms. The van der Waals surface area contributed by atoms with Crippen molar-refractivity contribution in [1.82, 2.24) is 9.88 Å². The van der Waals surface area contributed by atoms with E-state index in [1.54, 1.807) is 0 Å². The van der Waals surface area contributed by atoms with E-state index >= 15 is 0 Å². The second-order valence-corrected chi connectivity index (χ2v) is 5.39. The Morgan fingerprint density at radius 2 is 2.14 bits per heavy atom. The Kier molecular flexibility index (Phi) is 5.39. The average molecular weight is 288 g/mol. The van der Waals surface area contributed by atoms with E-state index in [2.05, 4.69) is 23.9 Å². The smallest absolute Gasteiger partial charge is 0.311 e. The van der Waals surface area contributed by atoms with E-state index in [1.165, 1.54) is 10.9 Å². The molecule has 4 heteroatoms. The van der Waals surface area contributed by atoms with Gasteiger partial charge in [0.1, 0.15) is 5.75 Å². The standard InChI is InChI=1S/C17H24N2O2/c1-4-6-17(20)21-14-7-8-15-13(9-10-19(3)5-2)12-18-16(15)11-14/h7-8,11-12,18H,4-6,9-10H2,1-3H3. The van der Waals surface area contributed by atoms with Crippen LogP contribution in [0.4, 0.5) is 0 Å². The molecule has 1 heterocycles. The van der Waals surface area contributed by atoms with Gasteiger partial charge in [-0.2, -0.15) is 0 Å². The van der Waals surface area contributed by atoms with Crippen LogP contribution in [0, 0.1) is 0 Å². The third kappa shape index (κ3) is 4.08. The summed E-state index contributed by atoms with van der Waals surface area (Å²) in [6.07, 6.45) is 4.32. The molecule has 2 aromatic rings. The van der Waals surface area contributed by atoms with Crippen molar-refractivity contribution >= 4 is 16.9 Å². The number of aromatic amines is 1. The number of hydrogen-bond acceptors (Lipinski definition) is 3. The second-order valence-electron chi connectivity index (χ2n) is 5.39. The topological polar surface area (TPSA) is 45.3 Å². The van der Waals surface area contributed by atoms with Gasteiger partial charge in [0.2, 0.25) is 0 Å². The van der Waals surface area contributed by atoms with Gasteiger partial charge < -0.3 is 14.6 Å². The number of nitrogens with one attached hydrogen (secondary N) is 1. The number of hydrogen-bond donors (Lipinski definition) is 1. The Bertz CT molecular complexity index is 604. The molecular weight excluding hydrogens is 264 g/mol. The molecule has 21 heavy (non-hydrogen) atoms. The molecule has 0 radical (unpaired) electrons. The molecule has 2 rings (SSSR count). The maximum Gasteiger partial charge on any atom is 0.311 e. The van der Waals surface area contributed by atoms with Gasteiger partial charge in [0, 0.05) is 36.1 Å². The molecule has 0 unspecified atom stereocenters. The molecule has 0 fully saturated rings. The molecule has 1 N–H and O–H groups in total. The zero-order valence-electron chi connectivity index (χ0n) is 13.1. The molecule has 0 amide bonds. The molecule has 0 aliphatic carbocycles. The number of likely N-dealkylation sites (N-methyl/N-ethyl adjacent to an activating group) is 1. The van der Waals surface area contributed by atoms with Crippen LogP contribution in [-0.2, 0) is 11.2 Å².